The van der Waals surface area contributed by atoms with Crippen LogP contribution in [-0.2, 0) is 6.61 Å². The maximum Gasteiger partial charge on any atom is 0.248 e. The van der Waals surface area contributed by atoms with E-state index in [1.54, 1.807) is 48.5 Å². The van der Waals surface area contributed by atoms with Gasteiger partial charge in [-0.1, -0.05) is 54.6 Å². The van der Waals surface area contributed by atoms with Crippen LogP contribution in [-0.4, -0.2) is 46.7 Å². The van der Waals surface area contributed by atoms with Crippen LogP contribution in [0.25, 0.3) is 11.4 Å². The summed E-state index contributed by atoms with van der Waals surface area (Å²) in [5, 5.41) is 9.57. The van der Waals surface area contributed by atoms with E-state index >= 15 is 0 Å². The number of aliphatic imine (C=N–C) groups is 1. The number of amides is 1. The van der Waals surface area contributed by atoms with Gasteiger partial charge in [-0.3, -0.25) is 9.79 Å². The number of ether oxygens (including phenoxy) is 3. The van der Waals surface area contributed by atoms with E-state index in [9.17, 15) is 10.1 Å². The molecule has 1 aliphatic rings. The summed E-state index contributed by atoms with van der Waals surface area (Å²) < 4.78 is 18.6. The molecule has 2 heterocycles. The maximum absolute atomic E-state index is 11.6. The highest BCUT2D eigenvalue weighted by Crippen LogP contribution is 2.35. The van der Waals surface area contributed by atoms with Gasteiger partial charge in [-0.15, -0.1) is 0 Å². The van der Waals surface area contributed by atoms with Crippen molar-refractivity contribution in [2.45, 2.75) is 6.61 Å². The summed E-state index contributed by atoms with van der Waals surface area (Å²) in [5.41, 5.74) is 8.69. The van der Waals surface area contributed by atoms with Crippen LogP contribution in [0.15, 0.2) is 108 Å². The number of benzene rings is 4. The van der Waals surface area contributed by atoms with E-state index in [1.165, 1.54) is 0 Å². The highest BCUT2D eigenvalue weighted by atomic mass is 16.5. The van der Waals surface area contributed by atoms with Gasteiger partial charge in [0.25, 0.3) is 0 Å². The van der Waals surface area contributed by atoms with Gasteiger partial charge in [0, 0.05) is 36.3 Å². The second-order valence-corrected chi connectivity index (χ2v) is 10.2. The summed E-state index contributed by atoms with van der Waals surface area (Å²) in [7, 11) is 2.00. The molecule has 10 heteroatoms. The molecule has 0 bridgehead atoms. The number of hydrogen-bond acceptors (Lipinski definition) is 9. The molecule has 0 fully saturated rings. The number of aromatic nitrogens is 2. The van der Waals surface area contributed by atoms with E-state index in [0.29, 0.717) is 40.5 Å². The molecule has 1 aromatic heterocycles. The molecular weight excluding hydrogens is 568 g/mol. The average Bonchev–Trinajstić information content (AvgIpc) is 3.50. The molecule has 4 aromatic carbocycles. The van der Waals surface area contributed by atoms with E-state index in [-0.39, 0.29) is 17.6 Å². The summed E-state index contributed by atoms with van der Waals surface area (Å²) in [6.45, 7) is 1.90. The first-order valence-electron chi connectivity index (χ1n) is 14.2. The second-order valence-electron chi connectivity index (χ2n) is 10.2. The van der Waals surface area contributed by atoms with Crippen molar-refractivity contribution < 1.29 is 19.0 Å². The number of nitrogens with zero attached hydrogens (tertiary/aromatic N) is 5. The smallest absolute Gasteiger partial charge is 0.248 e. The number of primary amides is 1. The number of rotatable bonds is 10. The highest BCUT2D eigenvalue weighted by Gasteiger charge is 2.17. The Kier molecular flexibility index (Phi) is 8.33. The minimum atomic E-state index is -0.540. The predicted molar refractivity (Wildman–Crippen MR) is 169 cm³/mol. The number of nitriles is 1. The molecule has 45 heavy (non-hydrogen) atoms. The Labute approximate surface area is 260 Å². The van der Waals surface area contributed by atoms with E-state index in [2.05, 4.69) is 25.9 Å². The van der Waals surface area contributed by atoms with Crippen LogP contribution in [0.1, 0.15) is 27.0 Å². The van der Waals surface area contributed by atoms with Gasteiger partial charge in [0.05, 0.1) is 24.2 Å². The lowest BCUT2D eigenvalue weighted by Crippen LogP contribution is -2.23. The minimum absolute atomic E-state index is 0.157. The van der Waals surface area contributed by atoms with Crippen LogP contribution < -0.4 is 19.9 Å². The third-order valence-corrected chi connectivity index (χ3v) is 7.00. The van der Waals surface area contributed by atoms with Crippen molar-refractivity contribution in [2.24, 2.45) is 10.7 Å². The molecule has 10 nitrogen and oxygen atoms in total. The summed E-state index contributed by atoms with van der Waals surface area (Å²) in [5.74, 6) is 2.30. The van der Waals surface area contributed by atoms with Gasteiger partial charge in [0.1, 0.15) is 18.2 Å². The van der Waals surface area contributed by atoms with Gasteiger partial charge < -0.3 is 24.8 Å². The van der Waals surface area contributed by atoms with Crippen molar-refractivity contribution in [3.8, 4) is 46.5 Å². The van der Waals surface area contributed by atoms with Crippen LogP contribution in [0.2, 0.25) is 0 Å². The average molecular weight is 597 g/mol. The van der Waals surface area contributed by atoms with Gasteiger partial charge in [-0.05, 0) is 42.0 Å². The van der Waals surface area contributed by atoms with Crippen LogP contribution in [0, 0.1) is 11.3 Å². The number of hydrogen-bond donors (Lipinski definition) is 1. The summed E-state index contributed by atoms with van der Waals surface area (Å²) in [6, 6.07) is 32.6. The Bertz CT molecular complexity index is 1920. The Morgan fingerprint density at radius 3 is 2.36 bits per heavy atom. The third-order valence-electron chi connectivity index (χ3n) is 7.00. The van der Waals surface area contributed by atoms with Gasteiger partial charge in [0.15, 0.2) is 17.3 Å². The fraction of sp³-hybridized carbons (Fsp3) is 0.114. The molecule has 0 unspecified atom stereocenters. The van der Waals surface area contributed by atoms with Crippen molar-refractivity contribution in [1.29, 1.82) is 5.26 Å². The molecule has 0 radical (unpaired) electrons. The van der Waals surface area contributed by atoms with Crippen LogP contribution >= 0.6 is 0 Å². The number of carbonyl (C=O) groups excluding carboxylic acids is 1. The third kappa shape index (κ3) is 6.89. The molecule has 2 N–H and O–H groups in total. The van der Waals surface area contributed by atoms with E-state index < -0.39 is 5.91 Å². The Hall–Kier alpha value is -6.21. The summed E-state index contributed by atoms with van der Waals surface area (Å²) in [4.78, 5) is 27.6. The standard InChI is InChI=1S/C35H28N6O4/c1-41-17-16-38-35(41)27-8-5-9-28(19-27)44-31-20-32(40-34(39-31)26-13-11-25(12-14-26)33(37)42)45-30-18-24(21-36)10-15-29(30)43-22-23-6-3-2-4-7-23/h2-15,18-20H,16-17,22H2,1H3,(H2,37,42). The van der Waals surface area contributed by atoms with Gasteiger partial charge in [0.2, 0.25) is 17.7 Å². The van der Waals surface area contributed by atoms with Crippen LogP contribution in [0.5, 0.6) is 29.0 Å². The molecule has 0 saturated heterocycles. The topological polar surface area (TPSA) is 136 Å². The fourth-order valence-electron chi connectivity index (χ4n) is 4.71. The molecule has 0 spiro atoms. The molecule has 1 amide bonds. The lowest BCUT2D eigenvalue weighted by atomic mass is 10.1. The first-order chi connectivity index (χ1) is 21.9. The predicted octanol–water partition coefficient (Wildman–Crippen LogP) is 5.97. The van der Waals surface area contributed by atoms with E-state index in [0.717, 1.165) is 30.1 Å². The fourth-order valence-corrected chi connectivity index (χ4v) is 4.71. The molecule has 222 valence electrons. The van der Waals surface area contributed by atoms with Crippen molar-refractivity contribution in [3.05, 3.63) is 125 Å². The van der Waals surface area contributed by atoms with Crippen molar-refractivity contribution in [3.63, 3.8) is 0 Å². The number of nitrogens with two attached hydrogens (primary N) is 1. The van der Waals surface area contributed by atoms with Crippen molar-refractivity contribution in [2.75, 3.05) is 20.1 Å². The van der Waals surface area contributed by atoms with E-state index in [4.69, 9.17) is 19.9 Å². The number of amidine groups is 1. The molecule has 1 aliphatic heterocycles. The zero-order valence-electron chi connectivity index (χ0n) is 24.4. The molecule has 6 rings (SSSR count). The Morgan fingerprint density at radius 2 is 1.64 bits per heavy atom. The quantitative estimate of drug-likeness (QED) is 0.208. The molecule has 5 aromatic rings. The molecular formula is C35H28N6O4. The molecule has 0 atom stereocenters. The Morgan fingerprint density at radius 1 is 0.867 bits per heavy atom. The largest absolute Gasteiger partial charge is 0.485 e. The zero-order chi connectivity index (χ0) is 31.2. The van der Waals surface area contributed by atoms with Gasteiger partial charge in [-0.2, -0.15) is 15.2 Å². The van der Waals surface area contributed by atoms with Crippen LogP contribution in [0.4, 0.5) is 0 Å². The summed E-state index contributed by atoms with van der Waals surface area (Å²) >= 11 is 0. The van der Waals surface area contributed by atoms with E-state index in [1.807, 2.05) is 61.6 Å². The zero-order valence-corrected chi connectivity index (χ0v) is 24.4. The number of carbonyl (C=O) groups is 1. The Balaban J connectivity index is 1.35. The lowest BCUT2D eigenvalue weighted by Gasteiger charge is -2.15. The normalized spacial score (nSPS) is 12.3. The van der Waals surface area contributed by atoms with Crippen molar-refractivity contribution in [1.82, 2.24) is 14.9 Å². The minimum Gasteiger partial charge on any atom is -0.485 e. The highest BCUT2D eigenvalue weighted by molar-refractivity contribution is 5.99. The van der Waals surface area contributed by atoms with Crippen molar-refractivity contribution >= 4 is 11.7 Å². The maximum atomic E-state index is 11.6. The first kappa shape index (κ1) is 28.9. The SMILES string of the molecule is CN1CCN=C1c1cccc(Oc2cc(Oc3cc(C#N)ccc3OCc3ccccc3)nc(-c3ccc(C(N)=O)cc3)n2)c1. The molecule has 0 saturated carbocycles. The first-order valence-corrected chi connectivity index (χ1v) is 14.2. The van der Waals surface area contributed by atoms with Gasteiger partial charge in [-0.25, -0.2) is 0 Å². The summed E-state index contributed by atoms with van der Waals surface area (Å²) in [6.07, 6.45) is 0. The second kappa shape index (κ2) is 13.0. The molecule has 0 aliphatic carbocycles. The van der Waals surface area contributed by atoms with Crippen LogP contribution in [0.3, 0.4) is 0 Å². The monoisotopic (exact) mass is 596 g/mol. The lowest BCUT2D eigenvalue weighted by molar-refractivity contribution is 0.100. The number of likely N-dealkylation sites (N-methyl/N-ethyl adjacent to an activating group) is 1. The van der Waals surface area contributed by atoms with Gasteiger partial charge >= 0.3 is 0 Å².